The first-order valence-corrected chi connectivity index (χ1v) is 7.17. The molecule has 0 aliphatic heterocycles. The summed E-state index contributed by atoms with van der Waals surface area (Å²) in [6.45, 7) is 1.44. The second-order valence-electron chi connectivity index (χ2n) is 4.35. The number of aryl methyl sites for hydroxylation is 1. The van der Waals surface area contributed by atoms with Gasteiger partial charge in [0.1, 0.15) is 10.7 Å². The Kier molecular flexibility index (Phi) is 3.75. The maximum atomic E-state index is 14.2. The fourth-order valence-corrected chi connectivity index (χ4v) is 2.60. The summed E-state index contributed by atoms with van der Waals surface area (Å²) in [4.78, 5) is 9.38. The number of hydrogen-bond acceptors (Lipinski definition) is 4. The number of nitro benzene ring substituents is 1. The molecule has 0 aliphatic rings. The predicted molar refractivity (Wildman–Crippen MR) is 73.0 cm³/mol. The van der Waals surface area contributed by atoms with Crippen LogP contribution >= 0.6 is 0 Å². The molecule has 0 saturated carbocycles. The Morgan fingerprint density at radius 3 is 2.19 bits per heavy atom. The van der Waals surface area contributed by atoms with Crippen LogP contribution in [-0.2, 0) is 10.1 Å². The van der Waals surface area contributed by atoms with E-state index in [1.54, 1.807) is 0 Å². The fraction of sp³-hybridized carbons (Fsp3) is 0.0769. The average Bonchev–Trinajstić information content (AvgIpc) is 2.40. The van der Waals surface area contributed by atoms with Crippen LogP contribution in [0.5, 0.6) is 0 Å². The van der Waals surface area contributed by atoms with E-state index in [1.165, 1.54) is 25.1 Å². The van der Waals surface area contributed by atoms with Crippen molar-refractivity contribution in [3.8, 4) is 11.1 Å². The Bertz CT molecular complexity index is 815. The zero-order chi connectivity index (χ0) is 15.8. The minimum atomic E-state index is -4.62. The summed E-state index contributed by atoms with van der Waals surface area (Å²) in [7, 11) is -4.62. The number of halogens is 1. The molecule has 1 N–H and O–H groups in total. The van der Waals surface area contributed by atoms with Crippen molar-refractivity contribution in [2.45, 2.75) is 11.8 Å². The standard InChI is InChI=1S/C13H10FNO5S/c1-8-2-7-11(21(18,19)20)12(13(8)14)9-3-5-10(6-4-9)15(16)17/h2-7H,1H3,(H,18,19,20). The normalized spacial score (nSPS) is 11.4. The first kappa shape index (κ1) is 15.1. The van der Waals surface area contributed by atoms with Crippen LogP contribution in [-0.4, -0.2) is 17.9 Å². The van der Waals surface area contributed by atoms with E-state index in [1.807, 2.05) is 0 Å². The lowest BCUT2D eigenvalue weighted by atomic mass is 10.0. The highest BCUT2D eigenvalue weighted by molar-refractivity contribution is 7.86. The Labute approximate surface area is 119 Å². The average molecular weight is 311 g/mol. The monoisotopic (exact) mass is 311 g/mol. The van der Waals surface area contributed by atoms with E-state index in [0.29, 0.717) is 0 Å². The third-order valence-electron chi connectivity index (χ3n) is 2.94. The van der Waals surface area contributed by atoms with Crippen LogP contribution in [0.2, 0.25) is 0 Å². The van der Waals surface area contributed by atoms with Crippen molar-refractivity contribution in [2.24, 2.45) is 0 Å². The van der Waals surface area contributed by atoms with Crippen LogP contribution in [0.15, 0.2) is 41.3 Å². The summed E-state index contributed by atoms with van der Waals surface area (Å²) >= 11 is 0. The third-order valence-corrected chi connectivity index (χ3v) is 3.84. The topological polar surface area (TPSA) is 97.5 Å². The van der Waals surface area contributed by atoms with Gasteiger partial charge < -0.3 is 0 Å². The molecule has 0 spiro atoms. The maximum Gasteiger partial charge on any atom is 0.295 e. The molecule has 110 valence electrons. The number of rotatable bonds is 3. The quantitative estimate of drug-likeness (QED) is 0.534. The van der Waals surface area contributed by atoms with Crippen LogP contribution in [0.3, 0.4) is 0 Å². The molecule has 21 heavy (non-hydrogen) atoms. The van der Waals surface area contributed by atoms with Gasteiger partial charge in [-0.1, -0.05) is 6.07 Å². The molecule has 0 bridgehead atoms. The fourth-order valence-electron chi connectivity index (χ4n) is 1.90. The molecule has 0 radical (unpaired) electrons. The van der Waals surface area contributed by atoms with Crippen LogP contribution in [0.1, 0.15) is 5.56 Å². The molecule has 0 amide bonds. The highest BCUT2D eigenvalue weighted by Gasteiger charge is 2.22. The summed E-state index contributed by atoms with van der Waals surface area (Å²) < 4.78 is 46.1. The minimum absolute atomic E-state index is 0.120. The Morgan fingerprint density at radius 2 is 1.71 bits per heavy atom. The summed E-state index contributed by atoms with van der Waals surface area (Å²) in [6.07, 6.45) is 0. The summed E-state index contributed by atoms with van der Waals surface area (Å²) in [5.74, 6) is -0.807. The van der Waals surface area contributed by atoms with Crippen molar-refractivity contribution >= 4 is 15.8 Å². The van der Waals surface area contributed by atoms with Crippen LogP contribution < -0.4 is 0 Å². The number of benzene rings is 2. The first-order chi connectivity index (χ1) is 9.71. The largest absolute Gasteiger partial charge is 0.295 e. The van der Waals surface area contributed by atoms with Gasteiger partial charge in [-0.05, 0) is 36.2 Å². The lowest BCUT2D eigenvalue weighted by molar-refractivity contribution is -0.384. The van der Waals surface area contributed by atoms with Gasteiger partial charge >= 0.3 is 0 Å². The van der Waals surface area contributed by atoms with Crippen LogP contribution in [0, 0.1) is 22.9 Å². The number of nitrogens with zero attached hydrogens (tertiary/aromatic N) is 1. The van der Waals surface area contributed by atoms with Gasteiger partial charge in [-0.2, -0.15) is 8.42 Å². The van der Waals surface area contributed by atoms with Gasteiger partial charge in [-0.3, -0.25) is 14.7 Å². The number of hydrogen-bond donors (Lipinski definition) is 1. The molecule has 2 aromatic rings. The zero-order valence-electron chi connectivity index (χ0n) is 10.8. The van der Waals surface area contributed by atoms with Crippen molar-refractivity contribution in [1.29, 1.82) is 0 Å². The van der Waals surface area contributed by atoms with Gasteiger partial charge in [0.15, 0.2) is 0 Å². The molecule has 0 aliphatic carbocycles. The highest BCUT2D eigenvalue weighted by atomic mass is 32.2. The van der Waals surface area contributed by atoms with Gasteiger partial charge in [0.2, 0.25) is 0 Å². The summed E-state index contributed by atoms with van der Waals surface area (Å²) in [6, 6.07) is 7.03. The van der Waals surface area contributed by atoms with Gasteiger partial charge in [-0.15, -0.1) is 0 Å². The minimum Gasteiger partial charge on any atom is -0.282 e. The Hall–Kier alpha value is -2.32. The summed E-state index contributed by atoms with van der Waals surface area (Å²) in [5.41, 5.74) is -0.210. The van der Waals surface area contributed by atoms with Crippen LogP contribution in [0.4, 0.5) is 10.1 Å². The number of nitro groups is 1. The van der Waals surface area contributed by atoms with E-state index < -0.39 is 25.8 Å². The van der Waals surface area contributed by atoms with Crippen LogP contribution in [0.25, 0.3) is 11.1 Å². The third kappa shape index (κ3) is 2.91. The van der Waals surface area contributed by atoms with Gasteiger partial charge in [0.25, 0.3) is 15.8 Å². The zero-order valence-corrected chi connectivity index (χ0v) is 11.6. The molecule has 0 unspecified atom stereocenters. The smallest absolute Gasteiger partial charge is 0.282 e. The lowest BCUT2D eigenvalue weighted by Gasteiger charge is -2.10. The second-order valence-corrected chi connectivity index (χ2v) is 5.74. The highest BCUT2D eigenvalue weighted by Crippen LogP contribution is 2.32. The lowest BCUT2D eigenvalue weighted by Crippen LogP contribution is -2.04. The Balaban J connectivity index is 2.73. The molecule has 6 nitrogen and oxygen atoms in total. The second kappa shape index (κ2) is 5.23. The van der Waals surface area contributed by atoms with Gasteiger partial charge in [-0.25, -0.2) is 4.39 Å². The maximum absolute atomic E-state index is 14.2. The molecule has 2 aromatic carbocycles. The van der Waals surface area contributed by atoms with E-state index >= 15 is 0 Å². The summed E-state index contributed by atoms with van der Waals surface area (Å²) in [5, 5.41) is 10.6. The van der Waals surface area contributed by atoms with Crippen molar-refractivity contribution in [2.75, 3.05) is 0 Å². The van der Waals surface area contributed by atoms with E-state index in [0.717, 1.165) is 18.2 Å². The molecule has 2 rings (SSSR count). The Morgan fingerprint density at radius 1 is 1.14 bits per heavy atom. The molecular weight excluding hydrogens is 301 g/mol. The molecule has 0 fully saturated rings. The van der Waals surface area contributed by atoms with Crippen molar-refractivity contribution < 1.29 is 22.3 Å². The van der Waals surface area contributed by atoms with E-state index in [9.17, 15) is 27.5 Å². The SMILES string of the molecule is Cc1ccc(S(=O)(=O)O)c(-c2ccc([N+](=O)[O-])cc2)c1F. The predicted octanol–water partition coefficient (Wildman–Crippen LogP) is 2.96. The molecule has 0 aromatic heterocycles. The van der Waals surface area contributed by atoms with Gasteiger partial charge in [0.05, 0.1) is 4.92 Å². The molecular formula is C13H10FNO5S. The first-order valence-electron chi connectivity index (χ1n) is 5.73. The molecule has 0 saturated heterocycles. The number of non-ortho nitro benzene ring substituents is 1. The van der Waals surface area contributed by atoms with E-state index in [4.69, 9.17) is 0 Å². The van der Waals surface area contributed by atoms with Crippen molar-refractivity contribution in [1.82, 2.24) is 0 Å². The van der Waals surface area contributed by atoms with Gasteiger partial charge in [0, 0.05) is 17.7 Å². The molecule has 0 atom stereocenters. The van der Waals surface area contributed by atoms with Crippen molar-refractivity contribution in [3.05, 3.63) is 57.9 Å². The van der Waals surface area contributed by atoms with Crippen molar-refractivity contribution in [3.63, 3.8) is 0 Å². The molecule has 8 heteroatoms. The van der Waals surface area contributed by atoms with E-state index in [-0.39, 0.29) is 22.4 Å². The molecule has 0 heterocycles. The van der Waals surface area contributed by atoms with E-state index in [2.05, 4.69) is 0 Å².